The van der Waals surface area contributed by atoms with Crippen molar-refractivity contribution in [3.63, 3.8) is 0 Å². The predicted molar refractivity (Wildman–Crippen MR) is 169 cm³/mol. The van der Waals surface area contributed by atoms with Crippen molar-refractivity contribution in [2.45, 2.75) is 20.0 Å². The molecule has 5 rings (SSSR count). The molecule has 1 aromatic heterocycles. The van der Waals surface area contributed by atoms with Crippen LogP contribution in [0.2, 0.25) is 0 Å². The number of ether oxygens (including phenoxy) is 1. The highest BCUT2D eigenvalue weighted by Crippen LogP contribution is 2.27. The molecule has 1 heterocycles. The zero-order chi connectivity index (χ0) is 30.2. The minimum Gasteiger partial charge on any atom is -0.489 e. The number of nitrogens with one attached hydrogen (secondary N) is 1. The quantitative estimate of drug-likeness (QED) is 0.0998. The van der Waals surface area contributed by atoms with Gasteiger partial charge in [0.25, 0.3) is 5.91 Å². The summed E-state index contributed by atoms with van der Waals surface area (Å²) >= 11 is 0. The largest absolute Gasteiger partial charge is 0.489 e. The topological polar surface area (TPSA) is 92.9 Å². The summed E-state index contributed by atoms with van der Waals surface area (Å²) in [6.07, 6.45) is 3.96. The normalized spacial score (nSPS) is 10.9. The van der Waals surface area contributed by atoms with Gasteiger partial charge in [-0.1, -0.05) is 48.5 Å². The van der Waals surface area contributed by atoms with Crippen molar-refractivity contribution in [2.24, 2.45) is 5.10 Å². The molecule has 214 valence electrons. The molecule has 0 saturated heterocycles. The number of aromatic carboxylic acids is 1. The van der Waals surface area contributed by atoms with E-state index in [2.05, 4.69) is 52.9 Å². The number of hydrogen-bond acceptors (Lipinski definition) is 4. The summed E-state index contributed by atoms with van der Waals surface area (Å²) in [5.41, 5.74) is 10.2. The zero-order valence-electron chi connectivity index (χ0n) is 23.7. The highest BCUT2D eigenvalue weighted by molar-refractivity contribution is 5.95. The van der Waals surface area contributed by atoms with E-state index in [-0.39, 0.29) is 11.5 Å². The first kappa shape index (κ1) is 28.8. The van der Waals surface area contributed by atoms with Gasteiger partial charge in [0.2, 0.25) is 0 Å². The fraction of sp³-hybridized carbons (Fsp3) is 0.0833. The van der Waals surface area contributed by atoms with Crippen LogP contribution in [-0.2, 0) is 13.0 Å². The monoisotopic (exact) mass is 569 g/mol. The minimum absolute atomic E-state index is 0.230. The Bertz CT molecular complexity index is 1770. The number of allylic oxidation sites excluding steroid dienone is 1. The van der Waals surface area contributed by atoms with E-state index in [1.54, 1.807) is 48.7 Å². The van der Waals surface area contributed by atoms with Gasteiger partial charge in [-0.15, -0.1) is 6.58 Å². The second-order valence-corrected chi connectivity index (χ2v) is 9.96. The van der Waals surface area contributed by atoms with Gasteiger partial charge in [-0.05, 0) is 102 Å². The number of hydrazone groups is 1. The van der Waals surface area contributed by atoms with Gasteiger partial charge in [0.1, 0.15) is 12.4 Å². The maximum atomic E-state index is 12.8. The Kier molecular flexibility index (Phi) is 8.93. The molecule has 43 heavy (non-hydrogen) atoms. The molecule has 5 aromatic rings. The van der Waals surface area contributed by atoms with Gasteiger partial charge in [0.05, 0.1) is 17.5 Å². The van der Waals surface area contributed by atoms with Crippen LogP contribution in [-0.4, -0.2) is 27.8 Å². The van der Waals surface area contributed by atoms with Crippen molar-refractivity contribution in [1.82, 2.24) is 9.99 Å². The molecule has 1 amide bonds. The van der Waals surface area contributed by atoms with E-state index in [0.29, 0.717) is 24.3 Å². The summed E-state index contributed by atoms with van der Waals surface area (Å²) in [5.74, 6) is -0.583. The molecule has 0 unspecified atom stereocenters. The van der Waals surface area contributed by atoms with E-state index in [1.807, 2.05) is 48.5 Å². The lowest BCUT2D eigenvalue weighted by atomic mass is 10.1. The van der Waals surface area contributed by atoms with Crippen LogP contribution in [0.5, 0.6) is 5.75 Å². The molecule has 4 aromatic carbocycles. The lowest BCUT2D eigenvalue weighted by Gasteiger charge is -2.13. The molecule has 0 saturated carbocycles. The standard InChI is InChI=1S/C36H31N3O4/c1-3-7-31-22-27(13-21-34(31)43-24-26-11-14-30(15-12-26)36(41)42)23-37-38-35(40)29-16-18-32(19-17-29)39-25(2)10-20-33(39)28-8-5-4-6-9-28/h3-6,8-23H,1,7,24H2,2H3,(H,38,40)(H,41,42)/b37-23+. The Labute approximate surface area is 250 Å². The highest BCUT2D eigenvalue weighted by Gasteiger charge is 2.11. The maximum Gasteiger partial charge on any atom is 0.335 e. The molecule has 0 atom stereocenters. The minimum atomic E-state index is -0.965. The van der Waals surface area contributed by atoms with Crippen LogP contribution < -0.4 is 10.2 Å². The van der Waals surface area contributed by atoms with Crippen molar-refractivity contribution in [2.75, 3.05) is 0 Å². The number of carbonyl (C=O) groups is 2. The van der Waals surface area contributed by atoms with Crippen LogP contribution in [0.1, 0.15) is 43.1 Å². The molecule has 0 radical (unpaired) electrons. The predicted octanol–water partition coefficient (Wildman–Crippen LogP) is 7.22. The lowest BCUT2D eigenvalue weighted by Crippen LogP contribution is -2.17. The van der Waals surface area contributed by atoms with Crippen molar-refractivity contribution in [3.8, 4) is 22.7 Å². The summed E-state index contributed by atoms with van der Waals surface area (Å²) in [6.45, 7) is 6.19. The van der Waals surface area contributed by atoms with Crippen LogP contribution in [0.25, 0.3) is 16.9 Å². The Morgan fingerprint density at radius 3 is 2.33 bits per heavy atom. The van der Waals surface area contributed by atoms with E-state index in [0.717, 1.165) is 39.3 Å². The Morgan fingerprint density at radius 1 is 0.907 bits per heavy atom. The fourth-order valence-electron chi connectivity index (χ4n) is 4.75. The van der Waals surface area contributed by atoms with Gasteiger partial charge in [0.15, 0.2) is 0 Å². The summed E-state index contributed by atoms with van der Waals surface area (Å²) in [7, 11) is 0. The van der Waals surface area contributed by atoms with Crippen LogP contribution in [0, 0.1) is 6.92 Å². The average molecular weight is 570 g/mol. The van der Waals surface area contributed by atoms with E-state index in [9.17, 15) is 9.59 Å². The SMILES string of the molecule is C=CCc1cc(/C=N/NC(=O)c2ccc(-n3c(C)ccc3-c3ccccc3)cc2)ccc1OCc1ccc(C(=O)O)cc1. The van der Waals surface area contributed by atoms with Gasteiger partial charge in [0, 0.05) is 16.9 Å². The summed E-state index contributed by atoms with van der Waals surface area (Å²) < 4.78 is 8.16. The van der Waals surface area contributed by atoms with Crippen molar-refractivity contribution in [1.29, 1.82) is 0 Å². The van der Waals surface area contributed by atoms with Crippen molar-refractivity contribution in [3.05, 3.63) is 155 Å². The Morgan fingerprint density at radius 2 is 1.63 bits per heavy atom. The van der Waals surface area contributed by atoms with Gasteiger partial charge >= 0.3 is 5.97 Å². The molecule has 0 bridgehead atoms. The zero-order valence-corrected chi connectivity index (χ0v) is 23.7. The van der Waals surface area contributed by atoms with Gasteiger partial charge in [-0.3, -0.25) is 4.79 Å². The van der Waals surface area contributed by atoms with E-state index < -0.39 is 5.97 Å². The average Bonchev–Trinajstić information content (AvgIpc) is 3.42. The second-order valence-electron chi connectivity index (χ2n) is 9.96. The van der Waals surface area contributed by atoms with E-state index in [4.69, 9.17) is 9.84 Å². The Balaban J connectivity index is 1.22. The summed E-state index contributed by atoms with van der Waals surface area (Å²) in [6, 6.07) is 34.0. The van der Waals surface area contributed by atoms with E-state index >= 15 is 0 Å². The number of carboxylic acids is 1. The number of aromatic nitrogens is 1. The number of nitrogens with zero attached hydrogens (tertiary/aromatic N) is 2. The van der Waals surface area contributed by atoms with Gasteiger partial charge < -0.3 is 14.4 Å². The number of aryl methyl sites for hydroxylation is 1. The smallest absolute Gasteiger partial charge is 0.335 e. The van der Waals surface area contributed by atoms with Crippen molar-refractivity contribution >= 4 is 18.1 Å². The number of rotatable bonds is 11. The summed E-state index contributed by atoms with van der Waals surface area (Å²) in [5, 5.41) is 13.2. The molecule has 0 spiro atoms. The maximum absolute atomic E-state index is 12.8. The van der Waals surface area contributed by atoms with Crippen LogP contribution in [0.3, 0.4) is 0 Å². The first-order chi connectivity index (χ1) is 20.9. The second kappa shape index (κ2) is 13.3. The lowest BCUT2D eigenvalue weighted by molar-refractivity contribution is 0.0696. The molecule has 0 aliphatic rings. The van der Waals surface area contributed by atoms with Crippen molar-refractivity contribution < 1.29 is 19.4 Å². The van der Waals surface area contributed by atoms with E-state index in [1.165, 1.54) is 0 Å². The first-order valence-electron chi connectivity index (χ1n) is 13.8. The molecular formula is C36H31N3O4. The molecule has 0 aliphatic carbocycles. The molecule has 7 nitrogen and oxygen atoms in total. The fourth-order valence-corrected chi connectivity index (χ4v) is 4.75. The third-order valence-electron chi connectivity index (χ3n) is 6.96. The third-order valence-corrected chi connectivity index (χ3v) is 6.96. The third kappa shape index (κ3) is 6.97. The van der Waals surface area contributed by atoms with Crippen LogP contribution >= 0.6 is 0 Å². The summed E-state index contributed by atoms with van der Waals surface area (Å²) in [4.78, 5) is 23.9. The number of amides is 1. The van der Waals surface area contributed by atoms with Crippen LogP contribution in [0.4, 0.5) is 0 Å². The molecule has 7 heteroatoms. The molecular weight excluding hydrogens is 538 g/mol. The highest BCUT2D eigenvalue weighted by atomic mass is 16.5. The molecule has 0 aliphatic heterocycles. The number of carboxylic acid groups (broad SMARTS) is 1. The molecule has 0 fully saturated rings. The Hall–Kier alpha value is -5.69. The van der Waals surface area contributed by atoms with Gasteiger partial charge in [-0.25, -0.2) is 10.2 Å². The van der Waals surface area contributed by atoms with Gasteiger partial charge in [-0.2, -0.15) is 5.10 Å². The first-order valence-corrected chi connectivity index (χ1v) is 13.8. The number of carbonyl (C=O) groups excluding carboxylic acids is 1. The molecule has 2 N–H and O–H groups in total. The number of benzene rings is 4. The van der Waals surface area contributed by atoms with Crippen LogP contribution in [0.15, 0.2) is 127 Å². The number of hydrogen-bond donors (Lipinski definition) is 2.